The van der Waals surface area contributed by atoms with Crippen molar-refractivity contribution in [2.24, 2.45) is 0 Å². The molecule has 1 aromatic carbocycles. The van der Waals surface area contributed by atoms with Crippen molar-refractivity contribution in [3.05, 3.63) is 47.8 Å². The van der Waals surface area contributed by atoms with Crippen LogP contribution in [-0.4, -0.2) is 4.98 Å². The van der Waals surface area contributed by atoms with Crippen molar-refractivity contribution in [2.45, 2.75) is 0 Å². The van der Waals surface area contributed by atoms with E-state index < -0.39 is 17.5 Å². The van der Waals surface area contributed by atoms with Gasteiger partial charge in [-0.1, -0.05) is 6.07 Å². The molecule has 0 saturated heterocycles. The standard InChI is InChI=1S/C11H7F3N2/c12-6-4-7(11(14)8(13)5-6)9-2-1-3-10(15)16-9/h1-5H,(H2,15,16). The first-order valence-corrected chi connectivity index (χ1v) is 4.45. The first-order chi connectivity index (χ1) is 7.58. The third-order valence-corrected chi connectivity index (χ3v) is 2.04. The molecule has 0 spiro atoms. The van der Waals surface area contributed by atoms with E-state index in [2.05, 4.69) is 4.98 Å². The lowest BCUT2D eigenvalue weighted by Gasteiger charge is -2.04. The minimum Gasteiger partial charge on any atom is -0.384 e. The molecule has 5 heteroatoms. The van der Waals surface area contributed by atoms with E-state index in [1.165, 1.54) is 18.2 Å². The number of nitrogens with two attached hydrogens (primary N) is 1. The number of pyridine rings is 1. The number of anilines is 1. The zero-order chi connectivity index (χ0) is 11.7. The fourth-order valence-corrected chi connectivity index (χ4v) is 1.34. The minimum atomic E-state index is -1.25. The topological polar surface area (TPSA) is 38.9 Å². The molecule has 1 aromatic heterocycles. The lowest BCUT2D eigenvalue weighted by molar-refractivity contribution is 0.497. The maximum absolute atomic E-state index is 13.4. The van der Waals surface area contributed by atoms with E-state index in [1.54, 1.807) is 0 Å². The number of hydrogen-bond acceptors (Lipinski definition) is 2. The van der Waals surface area contributed by atoms with Crippen LogP contribution in [0.1, 0.15) is 0 Å². The van der Waals surface area contributed by atoms with Crippen LogP contribution in [0.25, 0.3) is 11.3 Å². The summed E-state index contributed by atoms with van der Waals surface area (Å²) in [6.07, 6.45) is 0. The Labute approximate surface area is 89.5 Å². The Morgan fingerprint density at radius 2 is 1.81 bits per heavy atom. The summed E-state index contributed by atoms with van der Waals surface area (Å²) in [6, 6.07) is 5.80. The number of aromatic nitrogens is 1. The Hall–Kier alpha value is -2.04. The van der Waals surface area contributed by atoms with Crippen LogP contribution in [0.4, 0.5) is 19.0 Å². The van der Waals surface area contributed by atoms with Crippen LogP contribution in [0.5, 0.6) is 0 Å². The predicted molar refractivity (Wildman–Crippen MR) is 54.0 cm³/mol. The number of rotatable bonds is 1. The van der Waals surface area contributed by atoms with E-state index in [1.807, 2.05) is 0 Å². The maximum atomic E-state index is 13.4. The van der Waals surface area contributed by atoms with Crippen molar-refractivity contribution in [3.63, 3.8) is 0 Å². The quantitative estimate of drug-likeness (QED) is 0.756. The molecule has 0 bridgehead atoms. The van der Waals surface area contributed by atoms with Crippen LogP contribution in [0, 0.1) is 17.5 Å². The summed E-state index contributed by atoms with van der Waals surface area (Å²) in [4.78, 5) is 3.79. The summed E-state index contributed by atoms with van der Waals surface area (Å²) in [6.45, 7) is 0. The molecule has 0 radical (unpaired) electrons. The third-order valence-electron chi connectivity index (χ3n) is 2.04. The summed E-state index contributed by atoms with van der Waals surface area (Å²) >= 11 is 0. The van der Waals surface area contributed by atoms with Crippen LogP contribution in [0.15, 0.2) is 30.3 Å². The zero-order valence-electron chi connectivity index (χ0n) is 8.05. The van der Waals surface area contributed by atoms with Gasteiger partial charge in [0.05, 0.1) is 5.69 Å². The van der Waals surface area contributed by atoms with Crippen LogP contribution < -0.4 is 5.73 Å². The molecule has 0 atom stereocenters. The van der Waals surface area contributed by atoms with Crippen LogP contribution in [-0.2, 0) is 0 Å². The summed E-state index contributed by atoms with van der Waals surface area (Å²) in [5.74, 6) is -3.10. The van der Waals surface area contributed by atoms with Crippen molar-refractivity contribution in [1.29, 1.82) is 0 Å². The van der Waals surface area contributed by atoms with Gasteiger partial charge in [-0.05, 0) is 18.2 Å². The highest BCUT2D eigenvalue weighted by molar-refractivity contribution is 5.61. The normalized spacial score (nSPS) is 10.4. The molecule has 0 aliphatic heterocycles. The Kier molecular flexibility index (Phi) is 2.52. The lowest BCUT2D eigenvalue weighted by Crippen LogP contribution is -1.96. The highest BCUT2D eigenvalue weighted by atomic mass is 19.2. The summed E-state index contributed by atoms with van der Waals surface area (Å²) in [7, 11) is 0. The number of hydrogen-bond donors (Lipinski definition) is 1. The fraction of sp³-hybridized carbons (Fsp3) is 0. The van der Waals surface area contributed by atoms with Gasteiger partial charge < -0.3 is 5.73 Å². The molecule has 0 aliphatic rings. The fourth-order valence-electron chi connectivity index (χ4n) is 1.34. The first kappa shape index (κ1) is 10.5. The molecule has 0 aliphatic carbocycles. The van der Waals surface area contributed by atoms with Crippen molar-refractivity contribution in [3.8, 4) is 11.3 Å². The van der Waals surface area contributed by atoms with Crippen molar-refractivity contribution in [1.82, 2.24) is 4.98 Å². The second kappa shape index (κ2) is 3.84. The number of nitrogens with zero attached hydrogens (tertiary/aromatic N) is 1. The Morgan fingerprint density at radius 3 is 2.50 bits per heavy atom. The molecule has 0 unspecified atom stereocenters. The molecule has 2 nitrogen and oxygen atoms in total. The third kappa shape index (κ3) is 1.84. The summed E-state index contributed by atoms with van der Waals surface area (Å²) in [5.41, 5.74) is 5.25. The molecule has 1 heterocycles. The van der Waals surface area contributed by atoms with E-state index >= 15 is 0 Å². The summed E-state index contributed by atoms with van der Waals surface area (Å²) < 4.78 is 39.3. The second-order valence-corrected chi connectivity index (χ2v) is 3.20. The Bertz CT molecular complexity index is 541. The predicted octanol–water partition coefficient (Wildman–Crippen LogP) is 2.75. The number of halogens is 3. The zero-order valence-corrected chi connectivity index (χ0v) is 8.05. The molecule has 0 saturated carbocycles. The molecular weight excluding hydrogens is 217 g/mol. The molecule has 2 rings (SSSR count). The van der Waals surface area contributed by atoms with Crippen LogP contribution in [0.2, 0.25) is 0 Å². The molecule has 0 amide bonds. The van der Waals surface area contributed by atoms with E-state index in [-0.39, 0.29) is 17.1 Å². The molecule has 2 aromatic rings. The van der Waals surface area contributed by atoms with Gasteiger partial charge in [0.2, 0.25) is 0 Å². The molecule has 0 fully saturated rings. The highest BCUT2D eigenvalue weighted by Gasteiger charge is 2.13. The van der Waals surface area contributed by atoms with Crippen molar-refractivity contribution < 1.29 is 13.2 Å². The average molecular weight is 224 g/mol. The Balaban J connectivity index is 2.64. The minimum absolute atomic E-state index is 0.0934. The lowest BCUT2D eigenvalue weighted by atomic mass is 10.1. The molecule has 82 valence electrons. The highest BCUT2D eigenvalue weighted by Crippen LogP contribution is 2.24. The molecular formula is C11H7F3N2. The van der Waals surface area contributed by atoms with Gasteiger partial charge in [-0.25, -0.2) is 18.2 Å². The summed E-state index contributed by atoms with van der Waals surface area (Å²) in [5, 5.41) is 0. The molecule has 2 N–H and O–H groups in total. The van der Waals surface area contributed by atoms with Crippen LogP contribution in [0.3, 0.4) is 0 Å². The van der Waals surface area contributed by atoms with E-state index in [0.29, 0.717) is 6.07 Å². The van der Waals surface area contributed by atoms with Gasteiger partial charge in [0.1, 0.15) is 11.6 Å². The molecule has 16 heavy (non-hydrogen) atoms. The SMILES string of the molecule is Nc1cccc(-c2cc(F)cc(F)c2F)n1. The van der Waals surface area contributed by atoms with Gasteiger partial charge in [-0.15, -0.1) is 0 Å². The van der Waals surface area contributed by atoms with Gasteiger partial charge in [-0.3, -0.25) is 0 Å². The smallest absolute Gasteiger partial charge is 0.168 e. The van der Waals surface area contributed by atoms with Crippen LogP contribution >= 0.6 is 0 Å². The van der Waals surface area contributed by atoms with E-state index in [0.717, 1.165) is 6.07 Å². The largest absolute Gasteiger partial charge is 0.384 e. The second-order valence-electron chi connectivity index (χ2n) is 3.20. The van der Waals surface area contributed by atoms with Crippen molar-refractivity contribution >= 4 is 5.82 Å². The Morgan fingerprint density at radius 1 is 1.06 bits per heavy atom. The maximum Gasteiger partial charge on any atom is 0.168 e. The van der Waals surface area contributed by atoms with Gasteiger partial charge >= 0.3 is 0 Å². The average Bonchev–Trinajstić information content (AvgIpc) is 2.23. The van der Waals surface area contributed by atoms with E-state index in [9.17, 15) is 13.2 Å². The van der Waals surface area contributed by atoms with E-state index in [4.69, 9.17) is 5.73 Å². The van der Waals surface area contributed by atoms with Gasteiger partial charge in [0.25, 0.3) is 0 Å². The monoisotopic (exact) mass is 224 g/mol. The van der Waals surface area contributed by atoms with Gasteiger partial charge in [0.15, 0.2) is 11.6 Å². The number of nitrogen functional groups attached to an aromatic ring is 1. The van der Waals surface area contributed by atoms with Gasteiger partial charge in [0, 0.05) is 11.6 Å². The first-order valence-electron chi connectivity index (χ1n) is 4.45. The van der Waals surface area contributed by atoms with Crippen molar-refractivity contribution in [2.75, 3.05) is 5.73 Å². The number of benzene rings is 1. The van der Waals surface area contributed by atoms with Gasteiger partial charge in [-0.2, -0.15) is 0 Å².